The second-order valence-electron chi connectivity index (χ2n) is 6.98. The fourth-order valence-corrected chi connectivity index (χ4v) is 3.76. The molecule has 2 N–H and O–H groups in total. The molecule has 28 heavy (non-hydrogen) atoms. The number of hydrogen-bond donors (Lipinski definition) is 2. The van der Waals surface area contributed by atoms with Gasteiger partial charge in [-0.1, -0.05) is 29.8 Å². The standard InChI is InChI=1S/C21H24ClF2N3O/c1-2-25-21(28)20-10-17(26-11-15-9-16(23)7-8-19(15)24)13-27(20)12-14-5-3-4-6-18(14)22/h3-9,17,20,26H,2,10-13H2,1H3,(H,25,28)/t17-,20-/m0/s1. The number of halogens is 3. The van der Waals surface area contributed by atoms with Crippen molar-refractivity contribution < 1.29 is 13.6 Å². The summed E-state index contributed by atoms with van der Waals surface area (Å²) in [7, 11) is 0. The Hall–Kier alpha value is -2.02. The lowest BCUT2D eigenvalue weighted by molar-refractivity contribution is -0.125. The number of carbonyl (C=O) groups excluding carboxylic acids is 1. The van der Waals surface area contributed by atoms with Crippen LogP contribution in [-0.2, 0) is 17.9 Å². The zero-order valence-corrected chi connectivity index (χ0v) is 16.5. The molecule has 0 spiro atoms. The lowest BCUT2D eigenvalue weighted by Gasteiger charge is -2.23. The highest BCUT2D eigenvalue weighted by molar-refractivity contribution is 6.31. The normalized spacial score (nSPS) is 19.7. The van der Waals surface area contributed by atoms with Crippen LogP contribution in [-0.4, -0.2) is 36.0 Å². The highest BCUT2D eigenvalue weighted by atomic mass is 35.5. The zero-order valence-electron chi connectivity index (χ0n) is 15.7. The number of likely N-dealkylation sites (N-methyl/N-ethyl adjacent to an activating group) is 1. The summed E-state index contributed by atoms with van der Waals surface area (Å²) in [4.78, 5) is 14.6. The van der Waals surface area contributed by atoms with Crippen LogP contribution in [0.15, 0.2) is 42.5 Å². The number of benzene rings is 2. The molecule has 2 aromatic rings. The molecule has 2 atom stereocenters. The van der Waals surface area contributed by atoms with E-state index in [1.807, 2.05) is 31.2 Å². The summed E-state index contributed by atoms with van der Waals surface area (Å²) in [5.74, 6) is -0.943. The van der Waals surface area contributed by atoms with Crippen molar-refractivity contribution in [3.63, 3.8) is 0 Å². The Morgan fingerprint density at radius 2 is 2.00 bits per heavy atom. The van der Waals surface area contributed by atoms with Gasteiger partial charge in [0.15, 0.2) is 0 Å². The number of nitrogens with zero attached hydrogens (tertiary/aromatic N) is 1. The first kappa shape index (κ1) is 20.7. The molecule has 4 nitrogen and oxygen atoms in total. The molecule has 0 unspecified atom stereocenters. The lowest BCUT2D eigenvalue weighted by atomic mass is 10.1. The van der Waals surface area contributed by atoms with Crippen LogP contribution in [0, 0.1) is 11.6 Å². The van der Waals surface area contributed by atoms with Crippen molar-refractivity contribution in [2.24, 2.45) is 0 Å². The van der Waals surface area contributed by atoms with Crippen molar-refractivity contribution in [2.75, 3.05) is 13.1 Å². The van der Waals surface area contributed by atoms with E-state index in [4.69, 9.17) is 11.6 Å². The summed E-state index contributed by atoms with van der Waals surface area (Å²) in [6, 6.07) is 10.7. The Morgan fingerprint density at radius 1 is 1.21 bits per heavy atom. The summed E-state index contributed by atoms with van der Waals surface area (Å²) < 4.78 is 27.2. The van der Waals surface area contributed by atoms with Crippen LogP contribution in [0.2, 0.25) is 5.02 Å². The van der Waals surface area contributed by atoms with Crippen LogP contribution in [0.5, 0.6) is 0 Å². The molecular formula is C21H24ClF2N3O. The van der Waals surface area contributed by atoms with Gasteiger partial charge in [0.05, 0.1) is 6.04 Å². The fraction of sp³-hybridized carbons (Fsp3) is 0.381. The van der Waals surface area contributed by atoms with E-state index in [-0.39, 0.29) is 30.1 Å². The van der Waals surface area contributed by atoms with Gasteiger partial charge in [0.25, 0.3) is 0 Å². The molecule has 0 aromatic heterocycles. The van der Waals surface area contributed by atoms with Crippen molar-refractivity contribution in [2.45, 2.75) is 38.5 Å². The largest absolute Gasteiger partial charge is 0.355 e. The van der Waals surface area contributed by atoms with Crippen LogP contribution in [0.1, 0.15) is 24.5 Å². The van der Waals surface area contributed by atoms with Gasteiger partial charge >= 0.3 is 0 Å². The van der Waals surface area contributed by atoms with Crippen LogP contribution in [0.3, 0.4) is 0 Å². The molecule has 2 aromatic carbocycles. The number of nitrogens with one attached hydrogen (secondary N) is 2. The van der Waals surface area contributed by atoms with E-state index in [0.717, 1.165) is 17.7 Å². The predicted octanol–water partition coefficient (Wildman–Crippen LogP) is 3.49. The molecule has 0 saturated carbocycles. The number of likely N-dealkylation sites (tertiary alicyclic amines) is 1. The molecule has 150 valence electrons. The smallest absolute Gasteiger partial charge is 0.237 e. The Kier molecular flexibility index (Phi) is 6.99. The Morgan fingerprint density at radius 3 is 2.75 bits per heavy atom. The minimum atomic E-state index is -0.467. The molecule has 1 amide bonds. The van der Waals surface area contributed by atoms with Crippen molar-refractivity contribution in [3.8, 4) is 0 Å². The molecule has 1 aliphatic rings. The summed E-state index contributed by atoms with van der Waals surface area (Å²) in [6.45, 7) is 3.81. The van der Waals surface area contributed by atoms with Gasteiger partial charge in [0.1, 0.15) is 11.6 Å². The first-order valence-electron chi connectivity index (χ1n) is 9.40. The first-order chi connectivity index (χ1) is 13.5. The van der Waals surface area contributed by atoms with Crippen LogP contribution in [0.4, 0.5) is 8.78 Å². The molecular weight excluding hydrogens is 384 g/mol. The maximum atomic E-state index is 13.9. The van der Waals surface area contributed by atoms with E-state index >= 15 is 0 Å². The minimum Gasteiger partial charge on any atom is -0.355 e. The van der Waals surface area contributed by atoms with Gasteiger partial charge in [-0.25, -0.2) is 8.78 Å². The Bertz CT molecular complexity index is 833. The average molecular weight is 408 g/mol. The van der Waals surface area contributed by atoms with Gasteiger partial charge in [-0.2, -0.15) is 0 Å². The predicted molar refractivity (Wildman–Crippen MR) is 106 cm³/mol. The van der Waals surface area contributed by atoms with Gasteiger partial charge in [-0.15, -0.1) is 0 Å². The van der Waals surface area contributed by atoms with Crippen molar-refractivity contribution in [1.82, 2.24) is 15.5 Å². The van der Waals surface area contributed by atoms with Gasteiger partial charge in [-0.3, -0.25) is 9.69 Å². The third-order valence-corrected chi connectivity index (χ3v) is 5.35. The van der Waals surface area contributed by atoms with E-state index in [2.05, 4.69) is 15.5 Å². The molecule has 0 bridgehead atoms. The van der Waals surface area contributed by atoms with Crippen molar-refractivity contribution in [3.05, 3.63) is 70.2 Å². The van der Waals surface area contributed by atoms with Crippen LogP contribution < -0.4 is 10.6 Å². The minimum absolute atomic E-state index is 0.0160. The molecule has 1 fully saturated rings. The van der Waals surface area contributed by atoms with Gasteiger partial charge < -0.3 is 10.6 Å². The molecule has 1 heterocycles. The third kappa shape index (κ3) is 5.07. The third-order valence-electron chi connectivity index (χ3n) is 4.98. The van der Waals surface area contributed by atoms with E-state index in [1.165, 1.54) is 6.07 Å². The second-order valence-corrected chi connectivity index (χ2v) is 7.39. The maximum Gasteiger partial charge on any atom is 0.237 e. The molecule has 1 saturated heterocycles. The highest BCUT2D eigenvalue weighted by Crippen LogP contribution is 2.24. The molecule has 3 rings (SSSR count). The lowest BCUT2D eigenvalue weighted by Crippen LogP contribution is -2.42. The molecule has 0 radical (unpaired) electrons. The summed E-state index contributed by atoms with van der Waals surface area (Å²) in [5.41, 5.74) is 1.23. The topological polar surface area (TPSA) is 44.4 Å². The summed E-state index contributed by atoms with van der Waals surface area (Å²) >= 11 is 6.28. The van der Waals surface area contributed by atoms with Gasteiger partial charge in [-0.05, 0) is 43.2 Å². The summed E-state index contributed by atoms with van der Waals surface area (Å²) in [5, 5.41) is 6.80. The number of hydrogen-bond acceptors (Lipinski definition) is 3. The Labute approximate surface area is 168 Å². The molecule has 7 heteroatoms. The summed E-state index contributed by atoms with van der Waals surface area (Å²) in [6.07, 6.45) is 0.590. The van der Waals surface area contributed by atoms with Crippen LogP contribution in [0.25, 0.3) is 0 Å². The second kappa shape index (κ2) is 9.45. The van der Waals surface area contributed by atoms with E-state index in [9.17, 15) is 13.6 Å². The van der Waals surface area contributed by atoms with E-state index < -0.39 is 11.6 Å². The zero-order chi connectivity index (χ0) is 20.1. The molecule has 0 aliphatic carbocycles. The monoisotopic (exact) mass is 407 g/mol. The fourth-order valence-electron chi connectivity index (χ4n) is 3.57. The van der Waals surface area contributed by atoms with Crippen LogP contribution >= 0.6 is 11.6 Å². The van der Waals surface area contributed by atoms with E-state index in [1.54, 1.807) is 0 Å². The highest BCUT2D eigenvalue weighted by Gasteiger charge is 2.36. The van der Waals surface area contributed by atoms with Crippen molar-refractivity contribution in [1.29, 1.82) is 0 Å². The SMILES string of the molecule is CCNC(=O)[C@@H]1C[C@H](NCc2cc(F)ccc2F)CN1Cc1ccccc1Cl. The maximum absolute atomic E-state index is 13.9. The van der Waals surface area contributed by atoms with Gasteiger partial charge in [0, 0.05) is 42.8 Å². The average Bonchev–Trinajstić information content (AvgIpc) is 3.07. The van der Waals surface area contributed by atoms with Gasteiger partial charge in [0.2, 0.25) is 5.91 Å². The molecule has 1 aliphatic heterocycles. The Balaban J connectivity index is 1.69. The number of amides is 1. The van der Waals surface area contributed by atoms with E-state index in [0.29, 0.717) is 31.1 Å². The number of rotatable bonds is 7. The number of carbonyl (C=O) groups is 1. The van der Waals surface area contributed by atoms with Crippen molar-refractivity contribution >= 4 is 17.5 Å². The first-order valence-corrected chi connectivity index (χ1v) is 9.78. The quantitative estimate of drug-likeness (QED) is 0.738.